The van der Waals surface area contributed by atoms with E-state index in [1.807, 2.05) is 48.9 Å². The van der Waals surface area contributed by atoms with Crippen LogP contribution in [0, 0.1) is 13.8 Å². The number of rotatable bonds is 8. The second-order valence-electron chi connectivity index (χ2n) is 7.89. The van der Waals surface area contributed by atoms with E-state index in [4.69, 9.17) is 4.74 Å². The summed E-state index contributed by atoms with van der Waals surface area (Å²) in [5, 5.41) is 7.42. The Morgan fingerprint density at radius 3 is 2.71 bits per heavy atom. The average Bonchev–Trinajstić information content (AvgIpc) is 3.06. The molecule has 0 saturated carbocycles. The standard InChI is InChI=1S/C25H31N3O3/c1-18-23(19(2)28(27-18)22-12-8-5-9-13-22)14-15-24(29)31-20(3)25(30)26-17-16-21-10-6-4-7-11-21/h5,8-10,12-15,20H,4,6-7,11,16-17H2,1-3H3,(H,26,30)/b15-14+/t20-/m1/s1. The predicted molar refractivity (Wildman–Crippen MR) is 122 cm³/mol. The van der Waals surface area contributed by atoms with Crippen LogP contribution in [-0.4, -0.2) is 34.3 Å². The molecule has 1 heterocycles. The monoisotopic (exact) mass is 421 g/mol. The van der Waals surface area contributed by atoms with Gasteiger partial charge in [0.1, 0.15) is 0 Å². The Bertz CT molecular complexity index is 973. The summed E-state index contributed by atoms with van der Waals surface area (Å²) in [7, 11) is 0. The molecule has 0 spiro atoms. The van der Waals surface area contributed by atoms with E-state index in [-0.39, 0.29) is 5.91 Å². The predicted octanol–water partition coefficient (Wildman–Crippen LogP) is 4.44. The number of carbonyl (C=O) groups excluding carboxylic acids is 2. The molecular formula is C25H31N3O3. The van der Waals surface area contributed by atoms with Gasteiger partial charge in [-0.25, -0.2) is 9.48 Å². The minimum atomic E-state index is -0.841. The van der Waals surface area contributed by atoms with Crippen LogP contribution in [0.1, 0.15) is 56.0 Å². The van der Waals surface area contributed by atoms with E-state index in [0.29, 0.717) is 6.54 Å². The van der Waals surface area contributed by atoms with Crippen molar-refractivity contribution in [2.45, 2.75) is 59.0 Å². The number of hydrogen-bond acceptors (Lipinski definition) is 4. The van der Waals surface area contributed by atoms with Crippen molar-refractivity contribution in [2.24, 2.45) is 0 Å². The van der Waals surface area contributed by atoms with Crippen molar-refractivity contribution in [3.05, 3.63) is 65.0 Å². The van der Waals surface area contributed by atoms with Crippen molar-refractivity contribution in [1.82, 2.24) is 15.1 Å². The number of nitrogens with one attached hydrogen (secondary N) is 1. The molecule has 0 aliphatic heterocycles. The number of nitrogens with zero attached hydrogens (tertiary/aromatic N) is 2. The van der Waals surface area contributed by atoms with Gasteiger partial charge in [-0.1, -0.05) is 29.8 Å². The smallest absolute Gasteiger partial charge is 0.331 e. The van der Waals surface area contributed by atoms with Crippen LogP contribution in [0.3, 0.4) is 0 Å². The van der Waals surface area contributed by atoms with Crippen LogP contribution in [0.5, 0.6) is 0 Å². The van der Waals surface area contributed by atoms with Crippen LogP contribution in [0.25, 0.3) is 11.8 Å². The molecule has 31 heavy (non-hydrogen) atoms. The molecule has 1 atom stereocenters. The molecule has 1 amide bonds. The Morgan fingerprint density at radius 1 is 1.23 bits per heavy atom. The maximum Gasteiger partial charge on any atom is 0.331 e. The first kappa shape index (κ1) is 22.5. The fourth-order valence-electron chi connectivity index (χ4n) is 3.76. The highest BCUT2D eigenvalue weighted by Gasteiger charge is 2.17. The molecule has 0 saturated heterocycles. The number of ether oxygens (including phenoxy) is 1. The molecule has 6 nitrogen and oxygen atoms in total. The van der Waals surface area contributed by atoms with Crippen molar-refractivity contribution in [3.8, 4) is 5.69 Å². The Morgan fingerprint density at radius 2 is 2.00 bits per heavy atom. The summed E-state index contributed by atoms with van der Waals surface area (Å²) < 4.78 is 7.11. The molecule has 0 fully saturated rings. The lowest BCUT2D eigenvalue weighted by atomic mass is 9.97. The quantitative estimate of drug-likeness (QED) is 0.388. The molecule has 1 aliphatic carbocycles. The zero-order valence-corrected chi connectivity index (χ0v) is 18.6. The topological polar surface area (TPSA) is 73.2 Å². The number of aryl methyl sites for hydroxylation is 1. The molecule has 0 bridgehead atoms. The first-order valence-corrected chi connectivity index (χ1v) is 10.9. The van der Waals surface area contributed by atoms with Gasteiger partial charge < -0.3 is 10.1 Å². The van der Waals surface area contributed by atoms with Crippen LogP contribution in [-0.2, 0) is 14.3 Å². The van der Waals surface area contributed by atoms with E-state index >= 15 is 0 Å². The highest BCUT2D eigenvalue weighted by Crippen LogP contribution is 2.20. The van der Waals surface area contributed by atoms with E-state index in [9.17, 15) is 9.59 Å². The van der Waals surface area contributed by atoms with Gasteiger partial charge in [-0.05, 0) is 71.1 Å². The Balaban J connectivity index is 1.52. The molecule has 6 heteroatoms. The van der Waals surface area contributed by atoms with Gasteiger partial charge in [-0.15, -0.1) is 0 Å². The van der Waals surface area contributed by atoms with E-state index < -0.39 is 12.1 Å². The second-order valence-corrected chi connectivity index (χ2v) is 7.89. The maximum absolute atomic E-state index is 12.2. The Kier molecular flexibility index (Phi) is 7.82. The number of allylic oxidation sites excluding steroid dienone is 1. The third kappa shape index (κ3) is 6.17. The van der Waals surface area contributed by atoms with Crippen LogP contribution in [0.15, 0.2) is 48.1 Å². The largest absolute Gasteiger partial charge is 0.449 e. The number of hydrogen-bond donors (Lipinski definition) is 1. The van der Waals surface area contributed by atoms with Crippen molar-refractivity contribution < 1.29 is 14.3 Å². The first-order valence-electron chi connectivity index (χ1n) is 10.9. The molecule has 1 N–H and O–H groups in total. The van der Waals surface area contributed by atoms with E-state index in [2.05, 4.69) is 16.5 Å². The summed E-state index contributed by atoms with van der Waals surface area (Å²) in [6.45, 7) is 6.01. The summed E-state index contributed by atoms with van der Waals surface area (Å²) in [6, 6.07) is 9.82. The van der Waals surface area contributed by atoms with Crippen LogP contribution in [0.4, 0.5) is 0 Å². The summed E-state index contributed by atoms with van der Waals surface area (Å²) >= 11 is 0. The minimum Gasteiger partial charge on any atom is -0.449 e. The first-order chi connectivity index (χ1) is 15.0. The van der Waals surface area contributed by atoms with Gasteiger partial charge >= 0.3 is 5.97 Å². The number of aromatic nitrogens is 2. The average molecular weight is 422 g/mol. The second kappa shape index (κ2) is 10.8. The van der Waals surface area contributed by atoms with Crippen molar-refractivity contribution in [2.75, 3.05) is 6.54 Å². The van der Waals surface area contributed by atoms with E-state index in [1.54, 1.807) is 13.0 Å². The lowest BCUT2D eigenvalue weighted by Gasteiger charge is -2.15. The number of carbonyl (C=O) groups is 2. The summed E-state index contributed by atoms with van der Waals surface area (Å²) in [5.74, 6) is -0.827. The van der Waals surface area contributed by atoms with Crippen LogP contribution >= 0.6 is 0 Å². The van der Waals surface area contributed by atoms with Crippen LogP contribution in [0.2, 0.25) is 0 Å². The summed E-state index contributed by atoms with van der Waals surface area (Å²) in [6.07, 6.45) is 10.1. The zero-order valence-electron chi connectivity index (χ0n) is 18.6. The Labute approximate surface area is 184 Å². The zero-order chi connectivity index (χ0) is 22.2. The van der Waals surface area contributed by atoms with Gasteiger partial charge in [0, 0.05) is 23.9 Å². The highest BCUT2D eigenvalue weighted by molar-refractivity contribution is 5.90. The van der Waals surface area contributed by atoms with Gasteiger partial charge in [-0.3, -0.25) is 4.79 Å². The molecule has 3 rings (SSSR count). The maximum atomic E-state index is 12.2. The highest BCUT2D eigenvalue weighted by atomic mass is 16.5. The molecule has 2 aromatic rings. The molecule has 0 radical (unpaired) electrons. The summed E-state index contributed by atoms with van der Waals surface area (Å²) in [4.78, 5) is 24.4. The SMILES string of the molecule is Cc1nn(-c2ccccc2)c(C)c1/C=C/C(=O)O[C@H](C)C(=O)NCCC1=CCCCC1. The van der Waals surface area contributed by atoms with Crippen molar-refractivity contribution in [1.29, 1.82) is 0 Å². The van der Waals surface area contributed by atoms with Crippen molar-refractivity contribution >= 4 is 18.0 Å². The lowest BCUT2D eigenvalue weighted by molar-refractivity contribution is -0.150. The number of benzene rings is 1. The van der Waals surface area contributed by atoms with Gasteiger partial charge in [-0.2, -0.15) is 5.10 Å². The molecular weight excluding hydrogens is 390 g/mol. The van der Waals surface area contributed by atoms with Crippen molar-refractivity contribution in [3.63, 3.8) is 0 Å². The van der Waals surface area contributed by atoms with Crippen LogP contribution < -0.4 is 5.32 Å². The third-order valence-corrected chi connectivity index (χ3v) is 5.53. The lowest BCUT2D eigenvalue weighted by Crippen LogP contribution is -2.36. The van der Waals surface area contributed by atoms with E-state index in [0.717, 1.165) is 41.9 Å². The molecule has 1 aromatic heterocycles. The number of esters is 1. The summed E-state index contributed by atoms with van der Waals surface area (Å²) in [5.41, 5.74) is 4.96. The minimum absolute atomic E-state index is 0.276. The molecule has 1 aliphatic rings. The Hall–Kier alpha value is -3.15. The number of amides is 1. The van der Waals surface area contributed by atoms with E-state index in [1.165, 1.54) is 24.5 Å². The normalized spacial score (nSPS) is 14.9. The van der Waals surface area contributed by atoms with Gasteiger partial charge in [0.25, 0.3) is 5.91 Å². The molecule has 0 unspecified atom stereocenters. The van der Waals surface area contributed by atoms with Gasteiger partial charge in [0.15, 0.2) is 6.10 Å². The van der Waals surface area contributed by atoms with Gasteiger partial charge in [0.2, 0.25) is 0 Å². The van der Waals surface area contributed by atoms with Gasteiger partial charge in [0.05, 0.1) is 11.4 Å². The fourth-order valence-corrected chi connectivity index (χ4v) is 3.76. The fraction of sp³-hybridized carbons (Fsp3) is 0.400. The molecule has 1 aromatic carbocycles. The molecule has 164 valence electrons. The third-order valence-electron chi connectivity index (χ3n) is 5.53. The number of para-hydroxylation sites is 1.